The van der Waals surface area contributed by atoms with Crippen molar-refractivity contribution in [3.63, 3.8) is 0 Å². The van der Waals surface area contributed by atoms with Gasteiger partial charge in [-0.05, 0) is 73.1 Å². The van der Waals surface area contributed by atoms with Crippen LogP contribution in [-0.4, -0.2) is 9.97 Å². The van der Waals surface area contributed by atoms with Crippen molar-refractivity contribution in [1.29, 1.82) is 0 Å². The zero-order chi connectivity index (χ0) is 21.6. The Morgan fingerprint density at radius 1 is 0.724 bits per heavy atom. The molecule has 0 unspecified atom stereocenters. The van der Waals surface area contributed by atoms with E-state index in [1.54, 1.807) is 12.1 Å². The molecule has 0 saturated carbocycles. The number of nitrogen functional groups attached to an aromatic ring is 2. The van der Waals surface area contributed by atoms with E-state index >= 15 is 0 Å². The summed E-state index contributed by atoms with van der Waals surface area (Å²) >= 11 is -0.472. The van der Waals surface area contributed by atoms with Gasteiger partial charge in [0.25, 0.3) is 0 Å². The van der Waals surface area contributed by atoms with E-state index in [4.69, 9.17) is 30.3 Å². The maximum atomic E-state index is 11.1. The number of nitrogens with two attached hydrogens (primary N) is 2. The normalized spacial score (nSPS) is 10.2. The van der Waals surface area contributed by atoms with Gasteiger partial charge in [0.2, 0.25) is 0 Å². The van der Waals surface area contributed by atoms with Gasteiger partial charge in [-0.1, -0.05) is 12.1 Å². The van der Waals surface area contributed by atoms with Gasteiger partial charge in [0.05, 0.1) is 11.0 Å². The number of fused-ring (bicyclic) bond motifs is 2. The van der Waals surface area contributed by atoms with E-state index in [9.17, 15) is 10.2 Å². The van der Waals surface area contributed by atoms with Crippen LogP contribution in [0.4, 0.5) is 11.4 Å². The van der Waals surface area contributed by atoms with Gasteiger partial charge in [-0.25, -0.2) is 0 Å². The summed E-state index contributed by atoms with van der Waals surface area (Å²) in [4.78, 5) is 7.72. The molecule has 4 rings (SSSR count). The summed E-state index contributed by atoms with van der Waals surface area (Å²) in [7, 11) is 9.75. The third-order valence-corrected chi connectivity index (χ3v) is 4.03. The fourth-order valence-electron chi connectivity index (χ4n) is 2.78. The predicted octanol–water partition coefficient (Wildman–Crippen LogP) is 3.77. The topological polar surface area (TPSA) is 124 Å². The van der Waals surface area contributed by atoms with Gasteiger partial charge >= 0.3 is 35.3 Å². The van der Waals surface area contributed by atoms with Crippen molar-refractivity contribution in [2.75, 3.05) is 11.5 Å². The first-order chi connectivity index (χ1) is 13.7. The Kier molecular flexibility index (Phi) is 8.32. The van der Waals surface area contributed by atoms with E-state index in [-0.39, 0.29) is 11.8 Å². The van der Waals surface area contributed by atoms with Crippen molar-refractivity contribution in [2.45, 2.75) is 13.8 Å². The van der Waals surface area contributed by atoms with Crippen molar-refractivity contribution in [1.82, 2.24) is 9.97 Å². The van der Waals surface area contributed by atoms with Crippen LogP contribution in [0.5, 0.6) is 11.8 Å². The Balaban J connectivity index is 0.000000183. The number of aromatic nitrogens is 2. The minimum absolute atomic E-state index is 0.212. The molecular weight excluding hydrogens is 594 g/mol. The molecule has 0 radical (unpaired) electrons. The predicted molar refractivity (Wildman–Crippen MR) is 112 cm³/mol. The number of rotatable bonds is 0. The minimum atomic E-state index is -0.472. The van der Waals surface area contributed by atoms with Crippen LogP contribution in [0.25, 0.3) is 21.8 Å². The molecule has 2 aromatic carbocycles. The molecule has 4 aromatic rings. The van der Waals surface area contributed by atoms with Crippen molar-refractivity contribution >= 4 is 52.0 Å². The van der Waals surface area contributed by atoms with E-state index in [0.717, 1.165) is 21.9 Å². The van der Waals surface area contributed by atoms with Crippen LogP contribution in [0.2, 0.25) is 0 Å². The number of anilines is 2. The summed E-state index contributed by atoms with van der Waals surface area (Å²) in [6, 6.07) is 13.9. The van der Waals surface area contributed by atoms with Crippen molar-refractivity contribution < 1.29 is 26.7 Å². The average Bonchev–Trinajstić information content (AvgIpc) is 2.61. The molecule has 0 aliphatic heterocycles. The van der Waals surface area contributed by atoms with Crippen LogP contribution in [-0.2, 0) is 16.5 Å². The molecule has 0 amide bonds. The van der Waals surface area contributed by atoms with Gasteiger partial charge in [-0.15, -0.1) is 0 Å². The molecule has 0 atom stereocenters. The van der Waals surface area contributed by atoms with Crippen LogP contribution in [0.3, 0.4) is 0 Å². The zero-order valence-corrected chi connectivity index (χ0v) is 19.3. The van der Waals surface area contributed by atoms with Crippen molar-refractivity contribution in [2.24, 2.45) is 0 Å². The Hall–Kier alpha value is -2.27. The quantitative estimate of drug-likeness (QED) is 0.292. The third kappa shape index (κ3) is 6.36. The van der Waals surface area contributed by atoms with Gasteiger partial charge in [0, 0.05) is 22.1 Å². The van der Waals surface area contributed by atoms with Crippen molar-refractivity contribution in [3.05, 3.63) is 59.7 Å². The first kappa shape index (κ1) is 23.0. The second-order valence-corrected chi connectivity index (χ2v) is 9.44. The molecular formula is C20H18Cl2N4O2Pt. The molecule has 0 spiro atoms. The van der Waals surface area contributed by atoms with Crippen LogP contribution in [0, 0.1) is 13.8 Å². The molecule has 29 heavy (non-hydrogen) atoms. The van der Waals surface area contributed by atoms with E-state index < -0.39 is 16.5 Å². The zero-order valence-electron chi connectivity index (χ0n) is 15.6. The number of aryl methyl sites for hydroxylation is 2. The van der Waals surface area contributed by atoms with Gasteiger partial charge in [-0.3, -0.25) is 9.97 Å². The first-order valence-corrected chi connectivity index (χ1v) is 13.9. The second kappa shape index (κ2) is 10.5. The summed E-state index contributed by atoms with van der Waals surface area (Å²) in [5.41, 5.74) is 15.6. The molecule has 154 valence electrons. The van der Waals surface area contributed by atoms with Gasteiger partial charge in [-0.2, -0.15) is 0 Å². The Morgan fingerprint density at radius 3 is 1.41 bits per heavy atom. The number of nitrogens with zero attached hydrogens (tertiary/aromatic N) is 2. The summed E-state index contributed by atoms with van der Waals surface area (Å²) in [6.45, 7) is 3.78. The summed E-state index contributed by atoms with van der Waals surface area (Å²) < 4.78 is 0. The second-order valence-electron chi connectivity index (χ2n) is 6.15. The van der Waals surface area contributed by atoms with Crippen LogP contribution < -0.4 is 21.7 Å². The summed E-state index contributed by atoms with van der Waals surface area (Å²) in [6.07, 6.45) is 0. The fraction of sp³-hybridized carbons (Fsp3) is 0.100. The molecule has 2 heterocycles. The SMILES string of the molecule is Cc1cc([O-])nc2cc(N)ccc12.Cc1cc([O-])nc2cc(N)ccc12.[Cl][Pt+2][Cl]. The standard InChI is InChI=1S/2C10H10N2O.2ClH.Pt/c2*1-6-4-10(13)12-9-5-7(11)2-3-8(6)9;;;/h2*2-5H,11H2,1H3,(H,12,13);2*1H;/q;;;;+4/p-4. The van der Waals surface area contributed by atoms with Crippen LogP contribution in [0.15, 0.2) is 48.5 Å². The van der Waals surface area contributed by atoms with Gasteiger partial charge in [0.1, 0.15) is 0 Å². The first-order valence-electron chi connectivity index (χ1n) is 8.25. The molecule has 9 heteroatoms. The number of halogens is 2. The molecule has 0 bridgehead atoms. The molecule has 0 saturated heterocycles. The van der Waals surface area contributed by atoms with Gasteiger partial charge < -0.3 is 21.7 Å². The Bertz CT molecular complexity index is 1040. The molecule has 0 aliphatic carbocycles. The monoisotopic (exact) mass is 611 g/mol. The van der Waals surface area contributed by atoms with E-state index in [0.29, 0.717) is 22.4 Å². The molecule has 4 N–H and O–H groups in total. The Labute approximate surface area is 184 Å². The maximum absolute atomic E-state index is 11.1. The van der Waals surface area contributed by atoms with Crippen LogP contribution in [0.1, 0.15) is 11.1 Å². The molecule has 0 fully saturated rings. The van der Waals surface area contributed by atoms with E-state index in [1.807, 2.05) is 38.1 Å². The van der Waals surface area contributed by atoms with Gasteiger partial charge in [0.15, 0.2) is 0 Å². The number of hydrogen-bond acceptors (Lipinski definition) is 6. The molecule has 0 aliphatic rings. The van der Waals surface area contributed by atoms with E-state index in [1.165, 1.54) is 12.1 Å². The number of benzene rings is 2. The third-order valence-electron chi connectivity index (χ3n) is 4.03. The van der Waals surface area contributed by atoms with Crippen molar-refractivity contribution in [3.8, 4) is 11.8 Å². The van der Waals surface area contributed by atoms with E-state index in [2.05, 4.69) is 9.97 Å². The van der Waals surface area contributed by atoms with Crippen LogP contribution >= 0.6 is 18.8 Å². The number of hydrogen-bond donors (Lipinski definition) is 2. The Morgan fingerprint density at radius 2 is 1.07 bits per heavy atom. The summed E-state index contributed by atoms with van der Waals surface area (Å²) in [5.74, 6) is -0.425. The number of pyridine rings is 2. The summed E-state index contributed by atoms with van der Waals surface area (Å²) in [5, 5.41) is 24.1. The molecule has 2 aromatic heterocycles. The fourth-order valence-corrected chi connectivity index (χ4v) is 2.78. The molecule has 6 nitrogen and oxygen atoms in total. The average molecular weight is 612 g/mol.